The molecule has 3 nitrogen and oxygen atoms in total. The van der Waals surface area contributed by atoms with Crippen molar-refractivity contribution < 1.29 is 8.78 Å². The van der Waals surface area contributed by atoms with Gasteiger partial charge in [-0.1, -0.05) is 6.07 Å². The highest BCUT2D eigenvalue weighted by Gasteiger charge is 2.05. The number of hydrogen-bond acceptors (Lipinski definition) is 3. The van der Waals surface area contributed by atoms with Gasteiger partial charge in [-0.05, 0) is 74.5 Å². The van der Waals surface area contributed by atoms with Crippen LogP contribution in [0.3, 0.4) is 0 Å². The Bertz CT molecular complexity index is 883. The standard InChI is InChI=1S/C21H17F2N3/c1-14(24-18-10-6-16(22)7-11-18)20-4-3-5-21(26-20)15(2)25-19-12-8-17(23)9-13-19/h3-13H,1-2H3. The van der Waals surface area contributed by atoms with E-state index in [4.69, 9.17) is 0 Å². The summed E-state index contributed by atoms with van der Waals surface area (Å²) in [7, 11) is 0. The minimum absolute atomic E-state index is 0.297. The monoisotopic (exact) mass is 349 g/mol. The molecule has 0 amide bonds. The van der Waals surface area contributed by atoms with Gasteiger partial charge in [0.15, 0.2) is 0 Å². The predicted octanol–water partition coefficient (Wildman–Crippen LogP) is 5.64. The molecular formula is C21H17F2N3. The number of hydrogen-bond donors (Lipinski definition) is 0. The van der Waals surface area contributed by atoms with Gasteiger partial charge < -0.3 is 0 Å². The molecule has 26 heavy (non-hydrogen) atoms. The van der Waals surface area contributed by atoms with Crippen LogP contribution in [-0.2, 0) is 0 Å². The molecule has 2 aromatic carbocycles. The molecule has 0 unspecified atom stereocenters. The maximum absolute atomic E-state index is 13.0. The second-order valence-electron chi connectivity index (χ2n) is 5.76. The van der Waals surface area contributed by atoms with Crippen molar-refractivity contribution in [3.8, 4) is 0 Å². The fourth-order valence-electron chi connectivity index (χ4n) is 2.37. The predicted molar refractivity (Wildman–Crippen MR) is 101 cm³/mol. The number of halogens is 2. The molecule has 0 saturated heterocycles. The van der Waals surface area contributed by atoms with E-state index in [2.05, 4.69) is 15.0 Å². The highest BCUT2D eigenvalue weighted by atomic mass is 19.1. The third-order valence-electron chi connectivity index (χ3n) is 3.74. The lowest BCUT2D eigenvalue weighted by atomic mass is 10.2. The Labute approximate surface area is 150 Å². The average Bonchev–Trinajstić information content (AvgIpc) is 2.65. The Balaban J connectivity index is 1.87. The fraction of sp³-hybridized carbons (Fsp3) is 0.0952. The zero-order valence-corrected chi connectivity index (χ0v) is 14.4. The topological polar surface area (TPSA) is 37.6 Å². The van der Waals surface area contributed by atoms with Gasteiger partial charge in [0.1, 0.15) is 11.6 Å². The van der Waals surface area contributed by atoms with Crippen LogP contribution in [0.4, 0.5) is 20.2 Å². The van der Waals surface area contributed by atoms with Crippen molar-refractivity contribution in [2.24, 2.45) is 9.98 Å². The molecule has 0 fully saturated rings. The summed E-state index contributed by atoms with van der Waals surface area (Å²) in [6, 6.07) is 17.5. The summed E-state index contributed by atoms with van der Waals surface area (Å²) < 4.78 is 26.0. The van der Waals surface area contributed by atoms with E-state index in [0.29, 0.717) is 34.2 Å². The van der Waals surface area contributed by atoms with Crippen LogP contribution in [0.5, 0.6) is 0 Å². The van der Waals surface area contributed by atoms with Crippen molar-refractivity contribution >= 4 is 22.8 Å². The molecule has 0 N–H and O–H groups in total. The quantitative estimate of drug-likeness (QED) is 0.562. The lowest BCUT2D eigenvalue weighted by Crippen LogP contribution is -2.04. The van der Waals surface area contributed by atoms with E-state index < -0.39 is 0 Å². The molecule has 5 heteroatoms. The smallest absolute Gasteiger partial charge is 0.123 e. The van der Waals surface area contributed by atoms with Crippen molar-refractivity contribution in [2.75, 3.05) is 0 Å². The first-order valence-electron chi connectivity index (χ1n) is 8.11. The van der Waals surface area contributed by atoms with Crippen molar-refractivity contribution in [3.05, 3.63) is 89.8 Å². The molecule has 0 saturated carbocycles. The fourth-order valence-corrected chi connectivity index (χ4v) is 2.37. The molecule has 0 spiro atoms. The maximum atomic E-state index is 13.0. The van der Waals surface area contributed by atoms with E-state index in [0.717, 1.165) is 0 Å². The summed E-state index contributed by atoms with van der Waals surface area (Å²) in [5.74, 6) is -0.594. The SMILES string of the molecule is CC(=Nc1ccc(F)cc1)c1cccc(C(C)=Nc2ccc(F)cc2)n1. The summed E-state index contributed by atoms with van der Waals surface area (Å²) >= 11 is 0. The number of rotatable bonds is 4. The first-order valence-corrected chi connectivity index (χ1v) is 8.11. The highest BCUT2D eigenvalue weighted by Crippen LogP contribution is 2.16. The van der Waals surface area contributed by atoms with Gasteiger partial charge in [-0.2, -0.15) is 0 Å². The van der Waals surface area contributed by atoms with Crippen LogP contribution in [0.15, 0.2) is 76.7 Å². The van der Waals surface area contributed by atoms with Crippen molar-refractivity contribution in [2.45, 2.75) is 13.8 Å². The third-order valence-corrected chi connectivity index (χ3v) is 3.74. The molecule has 3 aromatic rings. The highest BCUT2D eigenvalue weighted by molar-refractivity contribution is 6.02. The second kappa shape index (κ2) is 7.78. The zero-order chi connectivity index (χ0) is 18.5. The van der Waals surface area contributed by atoms with Gasteiger partial charge in [-0.25, -0.2) is 13.8 Å². The van der Waals surface area contributed by atoms with Crippen molar-refractivity contribution in [3.63, 3.8) is 0 Å². The van der Waals surface area contributed by atoms with Gasteiger partial charge in [0.25, 0.3) is 0 Å². The van der Waals surface area contributed by atoms with E-state index in [1.165, 1.54) is 24.3 Å². The molecule has 0 aliphatic carbocycles. The largest absolute Gasteiger partial charge is 0.252 e. The molecule has 130 valence electrons. The van der Waals surface area contributed by atoms with E-state index in [9.17, 15) is 8.78 Å². The van der Waals surface area contributed by atoms with E-state index >= 15 is 0 Å². The molecule has 3 rings (SSSR count). The van der Waals surface area contributed by atoms with Gasteiger partial charge in [-0.15, -0.1) is 0 Å². The second-order valence-corrected chi connectivity index (χ2v) is 5.76. The summed E-state index contributed by atoms with van der Waals surface area (Å²) in [5, 5.41) is 0. The summed E-state index contributed by atoms with van der Waals surface area (Å²) in [5.41, 5.74) is 4.17. The van der Waals surface area contributed by atoms with Crippen LogP contribution in [-0.4, -0.2) is 16.4 Å². The number of pyridine rings is 1. The Morgan fingerprint density at radius 3 is 1.42 bits per heavy atom. The Morgan fingerprint density at radius 1 is 0.654 bits per heavy atom. The molecule has 0 bridgehead atoms. The van der Waals surface area contributed by atoms with Crippen LogP contribution in [0, 0.1) is 11.6 Å². The number of benzene rings is 2. The number of nitrogens with zero attached hydrogens (tertiary/aromatic N) is 3. The van der Waals surface area contributed by atoms with Crippen LogP contribution in [0.1, 0.15) is 25.2 Å². The zero-order valence-electron chi connectivity index (χ0n) is 14.4. The molecular weight excluding hydrogens is 332 g/mol. The van der Waals surface area contributed by atoms with Crippen molar-refractivity contribution in [1.29, 1.82) is 0 Å². The maximum Gasteiger partial charge on any atom is 0.123 e. The average molecular weight is 349 g/mol. The normalized spacial score (nSPS) is 12.3. The van der Waals surface area contributed by atoms with E-state index in [-0.39, 0.29) is 11.6 Å². The Morgan fingerprint density at radius 2 is 1.04 bits per heavy atom. The van der Waals surface area contributed by atoms with Crippen LogP contribution >= 0.6 is 0 Å². The summed E-state index contributed by atoms with van der Waals surface area (Å²) in [4.78, 5) is 13.5. The number of aromatic nitrogens is 1. The Hall–Kier alpha value is -3.21. The molecule has 0 atom stereocenters. The third kappa shape index (κ3) is 4.45. The van der Waals surface area contributed by atoms with Gasteiger partial charge >= 0.3 is 0 Å². The van der Waals surface area contributed by atoms with Crippen LogP contribution < -0.4 is 0 Å². The van der Waals surface area contributed by atoms with E-state index in [1.807, 2.05) is 32.0 Å². The molecule has 0 aliphatic heterocycles. The number of aliphatic imine (C=N–C) groups is 2. The minimum atomic E-state index is -0.297. The molecule has 1 heterocycles. The first kappa shape index (κ1) is 17.6. The molecule has 1 aromatic heterocycles. The lowest BCUT2D eigenvalue weighted by molar-refractivity contribution is 0.627. The molecule has 0 radical (unpaired) electrons. The lowest BCUT2D eigenvalue weighted by Gasteiger charge is -2.05. The van der Waals surface area contributed by atoms with Crippen molar-refractivity contribution in [1.82, 2.24) is 4.98 Å². The Kier molecular flexibility index (Phi) is 5.27. The van der Waals surface area contributed by atoms with Crippen LogP contribution in [0.25, 0.3) is 0 Å². The summed E-state index contributed by atoms with van der Waals surface area (Å²) in [6.07, 6.45) is 0. The first-order chi connectivity index (χ1) is 12.5. The minimum Gasteiger partial charge on any atom is -0.252 e. The van der Waals surface area contributed by atoms with Crippen LogP contribution in [0.2, 0.25) is 0 Å². The van der Waals surface area contributed by atoms with E-state index in [1.54, 1.807) is 24.3 Å². The molecule has 0 aliphatic rings. The summed E-state index contributed by atoms with van der Waals surface area (Å²) in [6.45, 7) is 3.70. The van der Waals surface area contributed by atoms with Gasteiger partial charge in [0.2, 0.25) is 0 Å². The van der Waals surface area contributed by atoms with Gasteiger partial charge in [-0.3, -0.25) is 9.98 Å². The van der Waals surface area contributed by atoms with Gasteiger partial charge in [0.05, 0.1) is 34.2 Å². The van der Waals surface area contributed by atoms with Gasteiger partial charge in [0, 0.05) is 0 Å².